The molecule has 3 rings (SSSR count). The molecule has 1 heterocycles. The number of para-hydroxylation sites is 1. The van der Waals surface area contributed by atoms with E-state index in [0.29, 0.717) is 5.69 Å². The van der Waals surface area contributed by atoms with Crippen molar-refractivity contribution in [3.05, 3.63) is 59.4 Å². The van der Waals surface area contributed by atoms with Crippen LogP contribution in [-0.2, 0) is 19.1 Å². The fourth-order valence-electron chi connectivity index (χ4n) is 3.30. The Bertz CT molecular complexity index is 891. The average Bonchev–Trinajstić information content (AvgIpc) is 3.03. The molecule has 0 bridgehead atoms. The van der Waals surface area contributed by atoms with E-state index < -0.39 is 30.2 Å². The first-order chi connectivity index (χ1) is 13.3. The van der Waals surface area contributed by atoms with Crippen molar-refractivity contribution in [1.82, 2.24) is 0 Å². The van der Waals surface area contributed by atoms with Gasteiger partial charge in [0.25, 0.3) is 5.91 Å². The predicted octanol–water partition coefficient (Wildman–Crippen LogP) is 2.98. The van der Waals surface area contributed by atoms with E-state index in [4.69, 9.17) is 4.74 Å². The number of nitrogens with one attached hydrogen (secondary N) is 1. The number of rotatable bonds is 5. The van der Waals surface area contributed by atoms with Gasteiger partial charge in [0.1, 0.15) is 5.82 Å². The molecule has 28 heavy (non-hydrogen) atoms. The Hall–Kier alpha value is -3.22. The summed E-state index contributed by atoms with van der Waals surface area (Å²) in [6, 6.07) is 11.0. The number of hydrogen-bond donors (Lipinski definition) is 1. The number of carbonyl (C=O) groups is 3. The lowest BCUT2D eigenvalue weighted by Crippen LogP contribution is -2.29. The molecule has 1 aliphatic rings. The third-order valence-electron chi connectivity index (χ3n) is 4.64. The molecule has 0 aromatic heterocycles. The fraction of sp³-hybridized carbons (Fsp3) is 0.286. The highest BCUT2D eigenvalue weighted by molar-refractivity contribution is 6.01. The van der Waals surface area contributed by atoms with Gasteiger partial charge >= 0.3 is 5.97 Å². The highest BCUT2D eigenvalue weighted by atomic mass is 19.1. The molecular formula is C21H21FN2O4. The van der Waals surface area contributed by atoms with Gasteiger partial charge < -0.3 is 15.0 Å². The summed E-state index contributed by atoms with van der Waals surface area (Å²) in [5, 5.41) is 2.51. The van der Waals surface area contributed by atoms with Gasteiger partial charge in [0, 0.05) is 24.3 Å². The van der Waals surface area contributed by atoms with Crippen LogP contribution in [0.1, 0.15) is 17.5 Å². The molecule has 1 fully saturated rings. The lowest BCUT2D eigenvalue weighted by Gasteiger charge is -2.21. The molecule has 1 aliphatic heterocycles. The minimum atomic E-state index is -0.620. The summed E-state index contributed by atoms with van der Waals surface area (Å²) in [7, 11) is 0. The quantitative estimate of drug-likeness (QED) is 0.804. The van der Waals surface area contributed by atoms with E-state index in [1.54, 1.807) is 4.90 Å². The van der Waals surface area contributed by atoms with E-state index in [2.05, 4.69) is 5.32 Å². The van der Waals surface area contributed by atoms with Crippen LogP contribution in [0.5, 0.6) is 0 Å². The topological polar surface area (TPSA) is 75.7 Å². The summed E-state index contributed by atoms with van der Waals surface area (Å²) in [6.07, 6.45) is 0.0478. The lowest BCUT2D eigenvalue weighted by atomic mass is 10.1. The molecule has 146 valence electrons. The van der Waals surface area contributed by atoms with Crippen LogP contribution >= 0.6 is 0 Å². The SMILES string of the molecule is Cc1cccc(C)c1N1C[C@@H](C(=O)OCC(=O)Nc2ccc(F)cc2)CC1=O. The normalized spacial score (nSPS) is 16.2. The molecule has 2 aromatic rings. The number of ether oxygens (including phenoxy) is 1. The van der Waals surface area contributed by atoms with Crippen molar-refractivity contribution in [3.63, 3.8) is 0 Å². The Balaban J connectivity index is 1.56. The summed E-state index contributed by atoms with van der Waals surface area (Å²) in [5.74, 6) is -2.30. The van der Waals surface area contributed by atoms with Gasteiger partial charge in [0.05, 0.1) is 5.92 Å². The maximum absolute atomic E-state index is 12.9. The number of halogens is 1. The first-order valence-electron chi connectivity index (χ1n) is 8.94. The van der Waals surface area contributed by atoms with Crippen molar-refractivity contribution in [1.29, 1.82) is 0 Å². The second-order valence-electron chi connectivity index (χ2n) is 6.81. The standard InChI is InChI=1S/C21H21FN2O4/c1-13-4-3-5-14(2)20(13)24-11-15(10-19(24)26)21(27)28-12-18(25)23-17-8-6-16(22)7-9-17/h3-9,15H,10-12H2,1-2H3,(H,23,25)/t15-/m0/s1. The molecule has 0 radical (unpaired) electrons. The molecular weight excluding hydrogens is 363 g/mol. The van der Waals surface area contributed by atoms with E-state index in [1.807, 2.05) is 32.0 Å². The molecule has 1 saturated heterocycles. The molecule has 7 heteroatoms. The number of nitrogens with zero attached hydrogens (tertiary/aromatic N) is 1. The Labute approximate surface area is 162 Å². The fourth-order valence-corrected chi connectivity index (χ4v) is 3.30. The van der Waals surface area contributed by atoms with Crippen LogP contribution in [0, 0.1) is 25.6 Å². The Morgan fingerprint density at radius 2 is 1.79 bits per heavy atom. The highest BCUT2D eigenvalue weighted by Gasteiger charge is 2.37. The summed E-state index contributed by atoms with van der Waals surface area (Å²) in [6.45, 7) is 3.59. The molecule has 0 spiro atoms. The Morgan fingerprint density at radius 1 is 1.14 bits per heavy atom. The van der Waals surface area contributed by atoms with Crippen LogP contribution in [-0.4, -0.2) is 30.9 Å². The van der Waals surface area contributed by atoms with Gasteiger partial charge in [-0.05, 0) is 49.2 Å². The molecule has 0 aliphatic carbocycles. The first kappa shape index (κ1) is 19.5. The van der Waals surface area contributed by atoms with Crippen molar-refractivity contribution in [2.75, 3.05) is 23.4 Å². The smallest absolute Gasteiger partial charge is 0.311 e. The zero-order chi connectivity index (χ0) is 20.3. The van der Waals surface area contributed by atoms with Crippen molar-refractivity contribution in [3.8, 4) is 0 Å². The average molecular weight is 384 g/mol. The zero-order valence-electron chi connectivity index (χ0n) is 15.7. The predicted molar refractivity (Wildman–Crippen MR) is 102 cm³/mol. The third-order valence-corrected chi connectivity index (χ3v) is 4.64. The summed E-state index contributed by atoms with van der Waals surface area (Å²) in [4.78, 5) is 38.2. The number of esters is 1. The van der Waals surface area contributed by atoms with Crippen LogP contribution in [0.4, 0.5) is 15.8 Å². The maximum Gasteiger partial charge on any atom is 0.311 e. The minimum Gasteiger partial charge on any atom is -0.455 e. The van der Waals surface area contributed by atoms with Crippen molar-refractivity contribution < 1.29 is 23.5 Å². The van der Waals surface area contributed by atoms with Crippen LogP contribution < -0.4 is 10.2 Å². The molecule has 2 amide bonds. The van der Waals surface area contributed by atoms with Gasteiger partial charge in [0.2, 0.25) is 5.91 Å². The van der Waals surface area contributed by atoms with Gasteiger partial charge in [-0.1, -0.05) is 18.2 Å². The number of amides is 2. The van der Waals surface area contributed by atoms with Crippen LogP contribution in [0.25, 0.3) is 0 Å². The summed E-state index contributed by atoms with van der Waals surface area (Å²) >= 11 is 0. The highest BCUT2D eigenvalue weighted by Crippen LogP contribution is 2.31. The molecule has 6 nitrogen and oxygen atoms in total. The van der Waals surface area contributed by atoms with E-state index >= 15 is 0 Å². The maximum atomic E-state index is 12.9. The minimum absolute atomic E-state index is 0.0478. The van der Waals surface area contributed by atoms with Gasteiger partial charge in [-0.25, -0.2) is 4.39 Å². The van der Waals surface area contributed by atoms with Crippen LogP contribution in [0.2, 0.25) is 0 Å². The Kier molecular flexibility index (Phi) is 5.73. The largest absolute Gasteiger partial charge is 0.455 e. The van der Waals surface area contributed by atoms with Crippen molar-refractivity contribution >= 4 is 29.2 Å². The van der Waals surface area contributed by atoms with Gasteiger partial charge in [0.15, 0.2) is 6.61 Å². The van der Waals surface area contributed by atoms with E-state index in [0.717, 1.165) is 16.8 Å². The molecule has 1 N–H and O–H groups in total. The van der Waals surface area contributed by atoms with Gasteiger partial charge in [-0.3, -0.25) is 14.4 Å². The zero-order valence-corrected chi connectivity index (χ0v) is 15.7. The molecule has 1 atom stereocenters. The van der Waals surface area contributed by atoms with Crippen molar-refractivity contribution in [2.45, 2.75) is 20.3 Å². The third kappa shape index (κ3) is 4.36. The number of aryl methyl sites for hydroxylation is 2. The van der Waals surface area contributed by atoms with E-state index in [-0.39, 0.29) is 18.9 Å². The Morgan fingerprint density at radius 3 is 2.43 bits per heavy atom. The number of hydrogen-bond acceptors (Lipinski definition) is 4. The van der Waals surface area contributed by atoms with Gasteiger partial charge in [-0.15, -0.1) is 0 Å². The van der Waals surface area contributed by atoms with E-state index in [9.17, 15) is 18.8 Å². The monoisotopic (exact) mass is 384 g/mol. The molecule has 2 aromatic carbocycles. The summed E-state index contributed by atoms with van der Waals surface area (Å²) < 4.78 is 17.9. The lowest BCUT2D eigenvalue weighted by molar-refractivity contribution is -0.151. The number of benzene rings is 2. The van der Waals surface area contributed by atoms with Crippen molar-refractivity contribution in [2.24, 2.45) is 5.92 Å². The molecule has 0 unspecified atom stereocenters. The second-order valence-corrected chi connectivity index (χ2v) is 6.81. The van der Waals surface area contributed by atoms with Gasteiger partial charge in [-0.2, -0.15) is 0 Å². The van der Waals surface area contributed by atoms with E-state index in [1.165, 1.54) is 24.3 Å². The first-order valence-corrected chi connectivity index (χ1v) is 8.94. The van der Waals surface area contributed by atoms with Crippen LogP contribution in [0.15, 0.2) is 42.5 Å². The summed E-state index contributed by atoms with van der Waals surface area (Å²) in [5.41, 5.74) is 3.14. The number of anilines is 2. The number of carbonyl (C=O) groups excluding carboxylic acids is 3. The molecule has 0 saturated carbocycles. The van der Waals surface area contributed by atoms with Crippen LogP contribution in [0.3, 0.4) is 0 Å². The second kappa shape index (κ2) is 8.21.